The van der Waals surface area contributed by atoms with Crippen molar-refractivity contribution in [2.75, 3.05) is 30.3 Å². The second kappa shape index (κ2) is 9.64. The van der Waals surface area contributed by atoms with Crippen LogP contribution >= 0.6 is 0 Å². The van der Waals surface area contributed by atoms with Crippen LogP contribution in [0.3, 0.4) is 0 Å². The fourth-order valence-corrected chi connectivity index (χ4v) is 5.33. The van der Waals surface area contributed by atoms with Crippen LogP contribution in [-0.4, -0.2) is 46.5 Å². The van der Waals surface area contributed by atoms with E-state index in [0.717, 1.165) is 56.4 Å². The van der Waals surface area contributed by atoms with E-state index in [1.54, 1.807) is 0 Å². The summed E-state index contributed by atoms with van der Waals surface area (Å²) < 4.78 is 42.6. The first-order chi connectivity index (χ1) is 18.4. The maximum Gasteiger partial charge on any atom is 0.257 e. The standard InChI is InChI=1S/C29H26F3N5O/c1-2-37-9-7-20(8-10-37)33-21-4-6-23-22(15-21)27(29(38)36-23)26(16-11-18(31)13-19(32)12-16)28-34-24-5-3-17(30)14-25(24)35-28/h3-6,11-15,20,33H,2,7-10H2,1H3,(H,34,35)(H,36,38). The van der Waals surface area contributed by atoms with Crippen molar-refractivity contribution in [1.29, 1.82) is 0 Å². The molecule has 2 aliphatic rings. The zero-order valence-electron chi connectivity index (χ0n) is 20.7. The third-order valence-corrected chi connectivity index (χ3v) is 7.25. The quantitative estimate of drug-likeness (QED) is 0.293. The van der Waals surface area contributed by atoms with E-state index < -0.39 is 23.4 Å². The highest BCUT2D eigenvalue weighted by Crippen LogP contribution is 2.41. The Morgan fingerprint density at radius 3 is 2.50 bits per heavy atom. The second-order valence-electron chi connectivity index (χ2n) is 9.72. The van der Waals surface area contributed by atoms with Gasteiger partial charge in [-0.1, -0.05) is 6.92 Å². The van der Waals surface area contributed by atoms with Crippen molar-refractivity contribution in [2.45, 2.75) is 25.8 Å². The molecule has 3 heterocycles. The number of aromatic nitrogens is 2. The first kappa shape index (κ1) is 24.2. The lowest BCUT2D eigenvalue weighted by Crippen LogP contribution is -2.38. The van der Waals surface area contributed by atoms with Gasteiger partial charge < -0.3 is 20.5 Å². The number of nitrogens with one attached hydrogen (secondary N) is 3. The molecular formula is C29H26F3N5O. The summed E-state index contributed by atoms with van der Waals surface area (Å²) in [5.41, 5.74) is 3.50. The number of benzene rings is 3. The van der Waals surface area contributed by atoms with Crippen molar-refractivity contribution in [2.24, 2.45) is 0 Å². The molecule has 3 N–H and O–H groups in total. The van der Waals surface area contributed by atoms with Gasteiger partial charge in [0.2, 0.25) is 0 Å². The smallest absolute Gasteiger partial charge is 0.257 e. The number of aromatic amines is 1. The number of rotatable bonds is 5. The van der Waals surface area contributed by atoms with E-state index in [0.29, 0.717) is 28.3 Å². The predicted molar refractivity (Wildman–Crippen MR) is 142 cm³/mol. The predicted octanol–water partition coefficient (Wildman–Crippen LogP) is 5.79. The van der Waals surface area contributed by atoms with Crippen molar-refractivity contribution in [3.63, 3.8) is 0 Å². The number of H-pyrrole nitrogens is 1. The molecule has 2 aliphatic heterocycles. The highest BCUT2D eigenvalue weighted by Gasteiger charge is 2.31. The molecule has 1 fully saturated rings. The Morgan fingerprint density at radius 2 is 1.76 bits per heavy atom. The highest BCUT2D eigenvalue weighted by atomic mass is 19.1. The normalized spacial score (nSPS) is 17.5. The Bertz CT molecular complexity index is 1570. The number of imidazole rings is 1. The summed E-state index contributed by atoms with van der Waals surface area (Å²) in [6.45, 7) is 5.23. The summed E-state index contributed by atoms with van der Waals surface area (Å²) in [5, 5.41) is 6.44. The maximum atomic E-state index is 14.4. The average Bonchev–Trinajstić information content (AvgIpc) is 3.44. The first-order valence-electron chi connectivity index (χ1n) is 12.7. The number of hydrogen-bond donors (Lipinski definition) is 3. The van der Waals surface area contributed by atoms with Crippen LogP contribution in [0, 0.1) is 17.5 Å². The third-order valence-electron chi connectivity index (χ3n) is 7.25. The highest BCUT2D eigenvalue weighted by molar-refractivity contribution is 6.38. The van der Waals surface area contributed by atoms with Crippen LogP contribution in [0.4, 0.5) is 24.5 Å². The summed E-state index contributed by atoms with van der Waals surface area (Å²) in [6, 6.07) is 13.1. The molecule has 6 rings (SSSR count). The topological polar surface area (TPSA) is 73.0 Å². The van der Waals surface area contributed by atoms with Crippen LogP contribution in [0.15, 0.2) is 54.6 Å². The van der Waals surface area contributed by atoms with Gasteiger partial charge in [-0.3, -0.25) is 4.79 Å². The van der Waals surface area contributed by atoms with Crippen LogP contribution in [0.2, 0.25) is 0 Å². The van der Waals surface area contributed by atoms with Gasteiger partial charge in [0.1, 0.15) is 23.3 Å². The minimum Gasteiger partial charge on any atom is -0.382 e. The lowest BCUT2D eigenvalue weighted by atomic mass is 9.94. The molecule has 1 saturated heterocycles. The minimum atomic E-state index is -0.785. The molecule has 38 heavy (non-hydrogen) atoms. The molecule has 0 bridgehead atoms. The van der Waals surface area contributed by atoms with Gasteiger partial charge in [-0.25, -0.2) is 18.2 Å². The molecule has 194 valence electrons. The Kier molecular flexibility index (Phi) is 6.15. The van der Waals surface area contributed by atoms with Crippen molar-refractivity contribution in [3.05, 3.63) is 89.0 Å². The number of halogens is 3. The molecule has 0 spiro atoms. The Morgan fingerprint density at radius 1 is 1.00 bits per heavy atom. The molecular weight excluding hydrogens is 491 g/mol. The number of piperidine rings is 1. The largest absolute Gasteiger partial charge is 0.382 e. The van der Waals surface area contributed by atoms with Gasteiger partial charge in [0.25, 0.3) is 5.91 Å². The molecule has 0 saturated carbocycles. The Balaban J connectivity index is 1.48. The number of carbonyl (C=O) groups excluding carboxylic acids is 1. The third kappa shape index (κ3) is 4.54. The van der Waals surface area contributed by atoms with E-state index in [9.17, 15) is 18.0 Å². The molecule has 1 aromatic heterocycles. The van der Waals surface area contributed by atoms with Crippen LogP contribution in [0.1, 0.15) is 36.7 Å². The fraction of sp³-hybridized carbons (Fsp3) is 0.241. The van der Waals surface area contributed by atoms with Crippen LogP contribution in [0.5, 0.6) is 0 Å². The number of amides is 1. The summed E-state index contributed by atoms with van der Waals surface area (Å²) in [5.74, 6) is -2.25. The molecule has 0 atom stereocenters. The minimum absolute atomic E-state index is 0.144. The van der Waals surface area contributed by atoms with Gasteiger partial charge in [-0.15, -0.1) is 0 Å². The van der Waals surface area contributed by atoms with E-state index >= 15 is 0 Å². The SMILES string of the molecule is CCN1CCC(Nc2ccc3c(c2)C(=C(c2cc(F)cc(F)c2)c2nc4cc(F)ccc4[nH]2)C(=O)N3)CC1. The summed E-state index contributed by atoms with van der Waals surface area (Å²) in [4.78, 5) is 23.3. The van der Waals surface area contributed by atoms with E-state index in [1.807, 2.05) is 18.2 Å². The number of likely N-dealkylation sites (tertiary alicyclic amines) is 1. The molecule has 9 heteroatoms. The van der Waals surface area contributed by atoms with Gasteiger partial charge in [0.05, 0.1) is 16.6 Å². The van der Waals surface area contributed by atoms with Crippen molar-refractivity contribution in [3.8, 4) is 0 Å². The average molecular weight is 518 g/mol. The summed E-state index contributed by atoms with van der Waals surface area (Å²) in [7, 11) is 0. The number of hydrogen-bond acceptors (Lipinski definition) is 4. The second-order valence-corrected chi connectivity index (χ2v) is 9.72. The first-order valence-corrected chi connectivity index (χ1v) is 12.7. The molecule has 4 aromatic rings. The number of carbonyl (C=O) groups is 1. The van der Waals surface area contributed by atoms with Gasteiger partial charge >= 0.3 is 0 Å². The lowest BCUT2D eigenvalue weighted by molar-refractivity contribution is -0.110. The molecule has 6 nitrogen and oxygen atoms in total. The van der Waals surface area contributed by atoms with E-state index in [4.69, 9.17) is 0 Å². The van der Waals surface area contributed by atoms with E-state index in [1.165, 1.54) is 18.2 Å². The fourth-order valence-electron chi connectivity index (χ4n) is 5.33. The van der Waals surface area contributed by atoms with E-state index in [2.05, 4.69) is 32.4 Å². The molecule has 0 radical (unpaired) electrons. The molecule has 3 aromatic carbocycles. The number of nitrogens with zero attached hydrogens (tertiary/aromatic N) is 2. The maximum absolute atomic E-state index is 14.4. The summed E-state index contributed by atoms with van der Waals surface area (Å²) >= 11 is 0. The number of fused-ring (bicyclic) bond motifs is 2. The van der Waals surface area contributed by atoms with Crippen molar-refractivity contribution >= 4 is 39.5 Å². The van der Waals surface area contributed by atoms with Gasteiger partial charge in [0.15, 0.2) is 0 Å². The van der Waals surface area contributed by atoms with Crippen molar-refractivity contribution < 1.29 is 18.0 Å². The van der Waals surface area contributed by atoms with Gasteiger partial charge in [-0.2, -0.15) is 0 Å². The van der Waals surface area contributed by atoms with E-state index in [-0.39, 0.29) is 22.5 Å². The Labute approximate surface area is 217 Å². The molecule has 0 unspecified atom stereocenters. The number of anilines is 2. The Hall–Kier alpha value is -4.11. The van der Waals surface area contributed by atoms with Crippen LogP contribution < -0.4 is 10.6 Å². The van der Waals surface area contributed by atoms with Crippen molar-refractivity contribution in [1.82, 2.24) is 14.9 Å². The zero-order valence-corrected chi connectivity index (χ0v) is 20.7. The molecule has 1 amide bonds. The van der Waals surface area contributed by atoms with Crippen LogP contribution in [0.25, 0.3) is 22.2 Å². The summed E-state index contributed by atoms with van der Waals surface area (Å²) in [6.07, 6.45) is 2.02. The monoisotopic (exact) mass is 517 g/mol. The van der Waals surface area contributed by atoms with Gasteiger partial charge in [-0.05, 0) is 67.4 Å². The zero-order chi connectivity index (χ0) is 26.4. The van der Waals surface area contributed by atoms with Gasteiger partial charge in [0, 0.05) is 53.8 Å². The van der Waals surface area contributed by atoms with Crippen LogP contribution in [-0.2, 0) is 4.79 Å². The lowest BCUT2D eigenvalue weighted by Gasteiger charge is -2.32. The molecule has 0 aliphatic carbocycles.